The number of carbonyl (C=O) groups is 1. The first-order valence-corrected chi connectivity index (χ1v) is 9.08. The van der Waals surface area contributed by atoms with Gasteiger partial charge in [0, 0.05) is 12.0 Å². The molecule has 0 aromatic carbocycles. The van der Waals surface area contributed by atoms with Gasteiger partial charge in [-0.3, -0.25) is 4.79 Å². The molecule has 20 heavy (non-hydrogen) atoms. The first-order valence-electron chi connectivity index (χ1n) is 9.08. The van der Waals surface area contributed by atoms with Gasteiger partial charge in [0.15, 0.2) is 0 Å². The summed E-state index contributed by atoms with van der Waals surface area (Å²) in [5, 5.41) is 3.31. The molecule has 0 heterocycles. The molecular weight excluding hydrogens is 246 g/mol. The first kappa shape index (κ1) is 17.5. The van der Waals surface area contributed by atoms with Crippen molar-refractivity contribution in [1.29, 1.82) is 0 Å². The molecular formula is C18H35NO. The Hall–Kier alpha value is -0.530. The minimum Gasteiger partial charge on any atom is -0.353 e. The average molecular weight is 281 g/mol. The third kappa shape index (κ3) is 7.31. The fraction of sp³-hybridized carbons (Fsp3) is 0.944. The van der Waals surface area contributed by atoms with E-state index in [1.165, 1.54) is 70.6 Å². The van der Waals surface area contributed by atoms with E-state index in [1.54, 1.807) is 0 Å². The van der Waals surface area contributed by atoms with Gasteiger partial charge in [-0.05, 0) is 25.7 Å². The molecule has 1 aliphatic rings. The second-order valence-electron chi connectivity index (χ2n) is 6.53. The Morgan fingerprint density at radius 2 is 1.50 bits per heavy atom. The second-order valence-corrected chi connectivity index (χ2v) is 6.53. The lowest BCUT2D eigenvalue weighted by molar-refractivity contribution is -0.126. The highest BCUT2D eigenvalue weighted by Crippen LogP contribution is 2.22. The van der Waals surface area contributed by atoms with Crippen molar-refractivity contribution in [3.8, 4) is 0 Å². The van der Waals surface area contributed by atoms with Gasteiger partial charge in [-0.15, -0.1) is 0 Å². The SMILES string of the molecule is CCCCCCC(CCCCC)C(=O)NC1CCCC1. The van der Waals surface area contributed by atoms with E-state index in [9.17, 15) is 4.79 Å². The third-order valence-corrected chi connectivity index (χ3v) is 4.63. The molecule has 118 valence electrons. The van der Waals surface area contributed by atoms with Crippen molar-refractivity contribution in [3.63, 3.8) is 0 Å². The highest BCUT2D eigenvalue weighted by atomic mass is 16.1. The van der Waals surface area contributed by atoms with Crippen LogP contribution in [0.25, 0.3) is 0 Å². The highest BCUT2D eigenvalue weighted by Gasteiger charge is 2.22. The van der Waals surface area contributed by atoms with Gasteiger partial charge in [0.25, 0.3) is 0 Å². The lowest BCUT2D eigenvalue weighted by Gasteiger charge is -2.20. The lowest BCUT2D eigenvalue weighted by Crippen LogP contribution is -2.37. The maximum atomic E-state index is 12.4. The Morgan fingerprint density at radius 3 is 2.10 bits per heavy atom. The Balaban J connectivity index is 2.31. The summed E-state index contributed by atoms with van der Waals surface area (Å²) >= 11 is 0. The van der Waals surface area contributed by atoms with Crippen molar-refractivity contribution in [1.82, 2.24) is 5.32 Å². The lowest BCUT2D eigenvalue weighted by atomic mass is 9.93. The molecule has 0 radical (unpaired) electrons. The minimum atomic E-state index is 0.277. The predicted octanol–water partition coefficient (Wildman–Crippen LogP) is 5.21. The fourth-order valence-corrected chi connectivity index (χ4v) is 3.25. The normalized spacial score (nSPS) is 17.3. The summed E-state index contributed by atoms with van der Waals surface area (Å²) in [6.45, 7) is 4.47. The Kier molecular flexibility index (Phi) is 9.78. The number of rotatable bonds is 11. The zero-order chi connectivity index (χ0) is 14.6. The summed E-state index contributed by atoms with van der Waals surface area (Å²) in [5.74, 6) is 0.628. The van der Waals surface area contributed by atoms with E-state index < -0.39 is 0 Å². The molecule has 1 saturated carbocycles. The van der Waals surface area contributed by atoms with E-state index in [0.717, 1.165) is 12.8 Å². The van der Waals surface area contributed by atoms with Crippen molar-refractivity contribution in [2.75, 3.05) is 0 Å². The number of hydrogen-bond acceptors (Lipinski definition) is 1. The van der Waals surface area contributed by atoms with Crippen molar-refractivity contribution >= 4 is 5.91 Å². The van der Waals surface area contributed by atoms with E-state index in [1.807, 2.05) is 0 Å². The minimum absolute atomic E-state index is 0.277. The largest absolute Gasteiger partial charge is 0.353 e. The second kappa shape index (κ2) is 11.2. The van der Waals surface area contributed by atoms with Crippen LogP contribution in [0.15, 0.2) is 0 Å². The van der Waals surface area contributed by atoms with Crippen molar-refractivity contribution < 1.29 is 4.79 Å². The van der Waals surface area contributed by atoms with Crippen molar-refractivity contribution in [2.24, 2.45) is 5.92 Å². The fourth-order valence-electron chi connectivity index (χ4n) is 3.25. The topological polar surface area (TPSA) is 29.1 Å². The molecule has 0 aliphatic heterocycles. The molecule has 1 atom stereocenters. The summed E-state index contributed by atoms with van der Waals surface area (Å²) in [7, 11) is 0. The number of carbonyl (C=O) groups excluding carboxylic acids is 1. The Morgan fingerprint density at radius 1 is 0.950 bits per heavy atom. The molecule has 2 heteroatoms. The van der Waals surface area contributed by atoms with Crippen LogP contribution in [0, 0.1) is 5.92 Å². The van der Waals surface area contributed by atoms with E-state index in [-0.39, 0.29) is 5.92 Å². The molecule has 0 bridgehead atoms. The van der Waals surface area contributed by atoms with Gasteiger partial charge in [-0.25, -0.2) is 0 Å². The number of hydrogen-bond donors (Lipinski definition) is 1. The van der Waals surface area contributed by atoms with Gasteiger partial charge in [0.05, 0.1) is 0 Å². The van der Waals surface area contributed by atoms with Gasteiger partial charge < -0.3 is 5.32 Å². The molecule has 0 aromatic rings. The zero-order valence-electron chi connectivity index (χ0n) is 13.8. The molecule has 0 spiro atoms. The Labute approximate surface area is 126 Å². The summed E-state index contributed by atoms with van der Waals surface area (Å²) < 4.78 is 0. The first-order chi connectivity index (χ1) is 9.77. The van der Waals surface area contributed by atoms with E-state index in [2.05, 4.69) is 19.2 Å². The van der Waals surface area contributed by atoms with Gasteiger partial charge in [-0.2, -0.15) is 0 Å². The molecule has 1 rings (SSSR count). The number of amides is 1. The molecule has 1 amide bonds. The third-order valence-electron chi connectivity index (χ3n) is 4.63. The van der Waals surface area contributed by atoms with Crippen LogP contribution < -0.4 is 5.32 Å². The maximum absolute atomic E-state index is 12.4. The van der Waals surface area contributed by atoms with Gasteiger partial charge in [-0.1, -0.05) is 71.6 Å². The van der Waals surface area contributed by atoms with Crippen molar-refractivity contribution in [2.45, 2.75) is 103 Å². The van der Waals surface area contributed by atoms with Crippen LogP contribution in [0.4, 0.5) is 0 Å². The van der Waals surface area contributed by atoms with E-state index in [4.69, 9.17) is 0 Å². The van der Waals surface area contributed by atoms with Crippen LogP contribution in [-0.4, -0.2) is 11.9 Å². The van der Waals surface area contributed by atoms with Crippen LogP contribution in [-0.2, 0) is 4.79 Å². The van der Waals surface area contributed by atoms with E-state index in [0.29, 0.717) is 11.9 Å². The highest BCUT2D eigenvalue weighted by molar-refractivity contribution is 5.78. The number of unbranched alkanes of at least 4 members (excludes halogenated alkanes) is 5. The molecule has 0 aromatic heterocycles. The van der Waals surface area contributed by atoms with Crippen LogP contribution in [0.5, 0.6) is 0 Å². The summed E-state index contributed by atoms with van der Waals surface area (Å²) in [6.07, 6.45) is 16.0. The Bertz CT molecular complexity index is 246. The molecule has 2 nitrogen and oxygen atoms in total. The number of nitrogens with one attached hydrogen (secondary N) is 1. The predicted molar refractivity (Wildman–Crippen MR) is 86.8 cm³/mol. The van der Waals surface area contributed by atoms with E-state index >= 15 is 0 Å². The molecule has 1 fully saturated rings. The maximum Gasteiger partial charge on any atom is 0.223 e. The standard InChI is InChI=1S/C18H35NO/c1-3-5-7-9-13-16(12-8-6-4-2)18(20)19-17-14-10-11-15-17/h16-17H,3-15H2,1-2H3,(H,19,20). The molecule has 1 aliphatic carbocycles. The molecule has 1 unspecified atom stereocenters. The van der Waals surface area contributed by atoms with Gasteiger partial charge in [0.1, 0.15) is 0 Å². The van der Waals surface area contributed by atoms with Crippen molar-refractivity contribution in [3.05, 3.63) is 0 Å². The van der Waals surface area contributed by atoms with Gasteiger partial charge >= 0.3 is 0 Å². The monoisotopic (exact) mass is 281 g/mol. The summed E-state index contributed by atoms with van der Waals surface area (Å²) in [6, 6.07) is 0.479. The van der Waals surface area contributed by atoms with Crippen LogP contribution in [0.3, 0.4) is 0 Å². The molecule has 0 saturated heterocycles. The smallest absolute Gasteiger partial charge is 0.223 e. The van der Waals surface area contributed by atoms with Crippen LogP contribution >= 0.6 is 0 Å². The van der Waals surface area contributed by atoms with Crippen LogP contribution in [0.1, 0.15) is 97.3 Å². The van der Waals surface area contributed by atoms with Gasteiger partial charge in [0.2, 0.25) is 5.91 Å². The quantitative estimate of drug-likeness (QED) is 0.517. The summed E-state index contributed by atoms with van der Waals surface area (Å²) in [5.41, 5.74) is 0. The summed E-state index contributed by atoms with van der Waals surface area (Å²) in [4.78, 5) is 12.4. The van der Waals surface area contributed by atoms with Crippen LogP contribution in [0.2, 0.25) is 0 Å². The average Bonchev–Trinajstić information content (AvgIpc) is 2.94. The molecule has 1 N–H and O–H groups in total. The zero-order valence-corrected chi connectivity index (χ0v) is 13.8.